The first-order valence-electron chi connectivity index (χ1n) is 11.9. The fourth-order valence-electron chi connectivity index (χ4n) is 4.45. The number of hydrogen-bond donors (Lipinski definition) is 0. The topological polar surface area (TPSA) is 100 Å². The van der Waals surface area contributed by atoms with Gasteiger partial charge in [0.15, 0.2) is 4.80 Å². The van der Waals surface area contributed by atoms with Gasteiger partial charge in [-0.05, 0) is 36.2 Å². The Morgan fingerprint density at radius 1 is 1.03 bits per heavy atom. The van der Waals surface area contributed by atoms with Gasteiger partial charge in [0.1, 0.15) is 11.5 Å². The Morgan fingerprint density at radius 3 is 2.50 bits per heavy atom. The SMILES string of the molecule is CCC1=C(C(=O)OC)[C@@H](c2ccccc2)n2c(s/c(=C/c3ccc(-c4cccc(C(=O)OC)c4)o3)c2=O)=N1. The monoisotopic (exact) mass is 528 g/mol. The van der Waals surface area contributed by atoms with Crippen molar-refractivity contribution >= 4 is 29.4 Å². The standard InChI is InChI=1S/C29H24N2O6S/c1-4-21-24(28(34)36-3)25(17-9-6-5-7-10-17)31-26(32)23(38-29(31)30-21)16-20-13-14-22(37-20)18-11-8-12-19(15-18)27(33)35-2/h5-16,25H,4H2,1-3H3/b23-16+/t25-/m1/s1. The molecule has 0 aliphatic carbocycles. The molecule has 1 aliphatic rings. The van der Waals surface area contributed by atoms with Gasteiger partial charge >= 0.3 is 11.9 Å². The second-order valence-corrected chi connectivity index (χ2v) is 9.48. The summed E-state index contributed by atoms with van der Waals surface area (Å²) in [4.78, 5) is 43.6. The number of carbonyl (C=O) groups is 2. The maximum absolute atomic E-state index is 13.7. The van der Waals surface area contributed by atoms with Gasteiger partial charge in [0, 0.05) is 11.6 Å². The van der Waals surface area contributed by atoms with Crippen molar-refractivity contribution in [2.24, 2.45) is 4.99 Å². The van der Waals surface area contributed by atoms with Gasteiger partial charge in [-0.2, -0.15) is 0 Å². The van der Waals surface area contributed by atoms with Gasteiger partial charge < -0.3 is 13.9 Å². The molecule has 4 aromatic rings. The number of rotatable bonds is 6. The first-order chi connectivity index (χ1) is 18.4. The van der Waals surface area contributed by atoms with E-state index in [4.69, 9.17) is 13.9 Å². The molecule has 0 bridgehead atoms. The highest BCUT2D eigenvalue weighted by atomic mass is 32.1. The zero-order chi connectivity index (χ0) is 26.8. The lowest BCUT2D eigenvalue weighted by atomic mass is 9.95. The van der Waals surface area contributed by atoms with Crippen LogP contribution >= 0.6 is 11.3 Å². The highest BCUT2D eigenvalue weighted by Gasteiger charge is 2.33. The molecule has 5 rings (SSSR count). The van der Waals surface area contributed by atoms with Crippen molar-refractivity contribution in [3.8, 4) is 11.3 Å². The fourth-order valence-corrected chi connectivity index (χ4v) is 5.45. The second-order valence-electron chi connectivity index (χ2n) is 8.47. The van der Waals surface area contributed by atoms with Crippen LogP contribution in [0.1, 0.15) is 41.1 Å². The third-order valence-corrected chi connectivity index (χ3v) is 7.22. The van der Waals surface area contributed by atoms with E-state index in [1.165, 1.54) is 25.6 Å². The molecule has 2 aromatic carbocycles. The van der Waals surface area contributed by atoms with Gasteiger partial charge in [-0.3, -0.25) is 9.36 Å². The lowest BCUT2D eigenvalue weighted by Gasteiger charge is -2.25. The van der Waals surface area contributed by atoms with E-state index >= 15 is 0 Å². The van der Waals surface area contributed by atoms with Crippen LogP contribution in [0.5, 0.6) is 0 Å². The van der Waals surface area contributed by atoms with Crippen molar-refractivity contribution in [2.75, 3.05) is 14.2 Å². The van der Waals surface area contributed by atoms with Gasteiger partial charge in [-0.15, -0.1) is 0 Å². The molecule has 192 valence electrons. The number of carbonyl (C=O) groups excluding carboxylic acids is 2. The zero-order valence-electron chi connectivity index (χ0n) is 21.0. The Kier molecular flexibility index (Phi) is 6.93. The number of methoxy groups -OCH3 is 2. The number of allylic oxidation sites excluding steroid dienone is 1. The van der Waals surface area contributed by atoms with Crippen LogP contribution in [0.3, 0.4) is 0 Å². The molecule has 0 spiro atoms. The van der Waals surface area contributed by atoms with Crippen molar-refractivity contribution in [3.63, 3.8) is 0 Å². The fraction of sp³-hybridized carbons (Fsp3) is 0.172. The van der Waals surface area contributed by atoms with Crippen molar-refractivity contribution in [1.82, 2.24) is 4.57 Å². The van der Waals surface area contributed by atoms with Gasteiger partial charge in [0.05, 0.1) is 41.6 Å². The molecule has 0 fully saturated rings. The largest absolute Gasteiger partial charge is 0.466 e. The normalized spacial score (nSPS) is 15.1. The van der Waals surface area contributed by atoms with Crippen LogP contribution in [0.2, 0.25) is 0 Å². The van der Waals surface area contributed by atoms with Crippen molar-refractivity contribution in [1.29, 1.82) is 0 Å². The summed E-state index contributed by atoms with van der Waals surface area (Å²) in [5.74, 6) is 0.0511. The lowest BCUT2D eigenvalue weighted by Crippen LogP contribution is -2.40. The maximum Gasteiger partial charge on any atom is 0.338 e. The average molecular weight is 529 g/mol. The van der Waals surface area contributed by atoms with Crippen LogP contribution in [-0.4, -0.2) is 30.7 Å². The molecule has 0 saturated carbocycles. The molecule has 0 saturated heterocycles. The molecular formula is C29H24N2O6S. The summed E-state index contributed by atoms with van der Waals surface area (Å²) < 4.78 is 17.8. The number of furan rings is 1. The first kappa shape index (κ1) is 25.2. The molecule has 2 aromatic heterocycles. The van der Waals surface area contributed by atoms with Crippen LogP contribution in [0.4, 0.5) is 0 Å². The quantitative estimate of drug-likeness (QED) is 0.353. The Balaban J connectivity index is 1.61. The number of esters is 2. The summed E-state index contributed by atoms with van der Waals surface area (Å²) in [5, 5.41) is 0. The summed E-state index contributed by atoms with van der Waals surface area (Å²) in [7, 11) is 2.65. The number of thiazole rings is 1. The molecule has 0 N–H and O–H groups in total. The van der Waals surface area contributed by atoms with Gasteiger partial charge in [-0.25, -0.2) is 14.6 Å². The summed E-state index contributed by atoms with van der Waals surface area (Å²) in [5.41, 5.74) is 2.55. The van der Waals surface area contributed by atoms with E-state index in [1.54, 1.807) is 41.0 Å². The van der Waals surface area contributed by atoms with Crippen LogP contribution in [0, 0.1) is 0 Å². The van der Waals surface area contributed by atoms with Gasteiger partial charge in [0.2, 0.25) is 0 Å². The van der Waals surface area contributed by atoms with Gasteiger partial charge in [0.25, 0.3) is 5.56 Å². The molecule has 0 unspecified atom stereocenters. The third kappa shape index (κ3) is 4.52. The van der Waals surface area contributed by atoms with Gasteiger partial charge in [-0.1, -0.05) is 60.7 Å². The van der Waals surface area contributed by atoms with E-state index in [2.05, 4.69) is 4.99 Å². The van der Waals surface area contributed by atoms with E-state index in [9.17, 15) is 14.4 Å². The van der Waals surface area contributed by atoms with E-state index in [0.717, 1.165) is 5.56 Å². The van der Waals surface area contributed by atoms with Crippen molar-refractivity contribution in [2.45, 2.75) is 19.4 Å². The summed E-state index contributed by atoms with van der Waals surface area (Å²) in [6, 6.07) is 19.2. The molecule has 1 atom stereocenters. The Hall–Kier alpha value is -4.50. The third-order valence-electron chi connectivity index (χ3n) is 6.23. The average Bonchev–Trinajstić information content (AvgIpc) is 3.56. The molecule has 38 heavy (non-hydrogen) atoms. The predicted octanol–water partition coefficient (Wildman–Crippen LogP) is 3.84. The molecule has 9 heteroatoms. The Labute approximate surface area is 221 Å². The molecule has 1 aliphatic heterocycles. The zero-order valence-corrected chi connectivity index (χ0v) is 21.8. The number of hydrogen-bond acceptors (Lipinski definition) is 8. The van der Waals surface area contributed by atoms with E-state index in [-0.39, 0.29) is 5.56 Å². The van der Waals surface area contributed by atoms with Crippen molar-refractivity contribution in [3.05, 3.63) is 115 Å². The second kappa shape index (κ2) is 10.5. The number of ether oxygens (including phenoxy) is 2. The summed E-state index contributed by atoms with van der Waals surface area (Å²) >= 11 is 1.23. The summed E-state index contributed by atoms with van der Waals surface area (Å²) in [6.45, 7) is 1.91. The van der Waals surface area contributed by atoms with Crippen LogP contribution in [0.15, 0.2) is 92.2 Å². The van der Waals surface area contributed by atoms with E-state index < -0.39 is 18.0 Å². The maximum atomic E-state index is 13.7. The molecule has 8 nitrogen and oxygen atoms in total. The lowest BCUT2D eigenvalue weighted by molar-refractivity contribution is -0.136. The molecule has 0 radical (unpaired) electrons. The van der Waals surface area contributed by atoms with Crippen LogP contribution in [0.25, 0.3) is 17.4 Å². The van der Waals surface area contributed by atoms with E-state index in [1.807, 2.05) is 43.3 Å². The summed E-state index contributed by atoms with van der Waals surface area (Å²) in [6.07, 6.45) is 2.16. The molecule has 3 heterocycles. The van der Waals surface area contributed by atoms with Crippen molar-refractivity contribution < 1.29 is 23.5 Å². The highest BCUT2D eigenvalue weighted by Crippen LogP contribution is 2.31. The number of benzene rings is 2. The van der Waals surface area contributed by atoms with Crippen LogP contribution < -0.4 is 14.9 Å². The minimum absolute atomic E-state index is 0.287. The first-order valence-corrected chi connectivity index (χ1v) is 12.7. The Morgan fingerprint density at radius 2 is 1.79 bits per heavy atom. The minimum Gasteiger partial charge on any atom is -0.466 e. The minimum atomic E-state index is -0.662. The molecule has 0 amide bonds. The smallest absolute Gasteiger partial charge is 0.338 e. The van der Waals surface area contributed by atoms with E-state index in [0.29, 0.717) is 49.7 Å². The molecular weight excluding hydrogens is 504 g/mol. The highest BCUT2D eigenvalue weighted by molar-refractivity contribution is 7.07. The predicted molar refractivity (Wildman–Crippen MR) is 142 cm³/mol. The van der Waals surface area contributed by atoms with Crippen LogP contribution in [-0.2, 0) is 14.3 Å². The number of fused-ring (bicyclic) bond motifs is 1. The number of aromatic nitrogens is 1. The number of nitrogens with zero attached hydrogens (tertiary/aromatic N) is 2. The Bertz CT molecular complexity index is 1740.